The minimum Gasteiger partial charge on any atom is -0.355 e. The summed E-state index contributed by atoms with van der Waals surface area (Å²) in [5, 5.41) is 4.15. The van der Waals surface area contributed by atoms with Crippen molar-refractivity contribution in [2.45, 2.75) is 44.9 Å². The Balaban J connectivity index is 1.32. The smallest absolute Gasteiger partial charge is 0.224 e. The number of amides is 1. The van der Waals surface area contributed by atoms with E-state index in [2.05, 4.69) is 21.3 Å². The van der Waals surface area contributed by atoms with Crippen molar-refractivity contribution in [3.8, 4) is 0 Å². The molecule has 26 heavy (non-hydrogen) atoms. The first-order valence-corrected chi connectivity index (χ1v) is 10.5. The number of fused-ring (bicyclic) bond motifs is 1. The predicted octanol–water partition coefficient (Wildman–Crippen LogP) is 3.91. The van der Waals surface area contributed by atoms with E-state index in [4.69, 9.17) is 4.98 Å². The van der Waals surface area contributed by atoms with Gasteiger partial charge in [-0.05, 0) is 57.1 Å². The molecule has 1 N–H and O–H groups in total. The van der Waals surface area contributed by atoms with Crippen molar-refractivity contribution in [1.29, 1.82) is 0 Å². The number of nitrogens with one attached hydrogen (secondary N) is 1. The van der Waals surface area contributed by atoms with E-state index in [1.54, 1.807) is 17.5 Å². The Labute approximate surface area is 158 Å². The highest BCUT2D eigenvalue weighted by molar-refractivity contribution is 7.21. The van der Waals surface area contributed by atoms with Crippen LogP contribution < -0.4 is 10.2 Å². The largest absolute Gasteiger partial charge is 0.355 e. The molecule has 1 aliphatic heterocycles. The van der Waals surface area contributed by atoms with Crippen LogP contribution in [0.15, 0.2) is 30.0 Å². The fourth-order valence-corrected chi connectivity index (χ4v) is 4.82. The molecule has 0 aromatic carbocycles. The number of nitrogens with zero attached hydrogens (tertiary/aromatic N) is 3. The highest BCUT2D eigenvalue weighted by atomic mass is 32.1. The van der Waals surface area contributed by atoms with E-state index in [9.17, 15) is 4.79 Å². The maximum atomic E-state index is 12.6. The van der Waals surface area contributed by atoms with Crippen molar-refractivity contribution in [2.24, 2.45) is 5.92 Å². The summed E-state index contributed by atoms with van der Waals surface area (Å²) in [4.78, 5) is 24.9. The van der Waals surface area contributed by atoms with Crippen LogP contribution in [0.4, 0.5) is 5.13 Å². The molecule has 4 rings (SSSR count). The van der Waals surface area contributed by atoms with Gasteiger partial charge in [-0.25, -0.2) is 9.97 Å². The second-order valence-corrected chi connectivity index (χ2v) is 8.21. The van der Waals surface area contributed by atoms with E-state index in [0.717, 1.165) is 54.4 Å². The molecule has 2 aromatic heterocycles. The van der Waals surface area contributed by atoms with Gasteiger partial charge in [0.25, 0.3) is 0 Å². The first kappa shape index (κ1) is 17.5. The van der Waals surface area contributed by atoms with Crippen LogP contribution >= 0.6 is 11.3 Å². The fraction of sp³-hybridized carbons (Fsp3) is 0.550. The number of carbonyl (C=O) groups excluding carboxylic acids is 1. The first-order valence-electron chi connectivity index (χ1n) is 9.72. The number of hydrogen-bond acceptors (Lipinski definition) is 5. The number of rotatable bonds is 5. The van der Waals surface area contributed by atoms with E-state index in [-0.39, 0.29) is 11.8 Å². The number of carbonyl (C=O) groups is 1. The number of hydrogen-bond donors (Lipinski definition) is 1. The Morgan fingerprint density at radius 3 is 3.15 bits per heavy atom. The molecule has 0 bridgehead atoms. The molecule has 1 atom stereocenters. The molecule has 3 heterocycles. The van der Waals surface area contributed by atoms with Crippen molar-refractivity contribution >= 4 is 32.7 Å². The second kappa shape index (κ2) is 8.16. The number of thiazole rings is 1. The van der Waals surface area contributed by atoms with E-state index in [1.165, 1.54) is 31.3 Å². The molecule has 0 radical (unpaired) electrons. The third-order valence-corrected chi connectivity index (χ3v) is 6.39. The van der Waals surface area contributed by atoms with Gasteiger partial charge in [0.05, 0.1) is 5.92 Å². The Morgan fingerprint density at radius 1 is 1.35 bits per heavy atom. The van der Waals surface area contributed by atoms with Crippen LogP contribution in [0.1, 0.15) is 44.9 Å². The Kier molecular flexibility index (Phi) is 5.48. The summed E-state index contributed by atoms with van der Waals surface area (Å²) in [6.45, 7) is 2.50. The maximum Gasteiger partial charge on any atom is 0.224 e. The van der Waals surface area contributed by atoms with Crippen molar-refractivity contribution < 1.29 is 4.79 Å². The lowest BCUT2D eigenvalue weighted by molar-refractivity contribution is -0.125. The molecule has 1 fully saturated rings. The summed E-state index contributed by atoms with van der Waals surface area (Å²) in [7, 11) is 0. The number of piperidine rings is 1. The quantitative estimate of drug-likeness (QED) is 0.811. The normalized spacial score (nSPS) is 20.8. The van der Waals surface area contributed by atoms with Crippen LogP contribution in [0, 0.1) is 5.92 Å². The molecular formula is C20H26N4OS. The van der Waals surface area contributed by atoms with Gasteiger partial charge < -0.3 is 10.2 Å². The molecule has 1 amide bonds. The lowest BCUT2D eigenvalue weighted by Crippen LogP contribution is -2.43. The topological polar surface area (TPSA) is 58.1 Å². The molecule has 5 nitrogen and oxygen atoms in total. The molecular weight excluding hydrogens is 344 g/mol. The number of aromatic nitrogens is 2. The van der Waals surface area contributed by atoms with Crippen molar-refractivity contribution in [2.75, 3.05) is 24.5 Å². The summed E-state index contributed by atoms with van der Waals surface area (Å²) in [5.74, 6) is 0.259. The van der Waals surface area contributed by atoms with Gasteiger partial charge in [0.2, 0.25) is 5.91 Å². The zero-order chi connectivity index (χ0) is 17.8. The van der Waals surface area contributed by atoms with Gasteiger partial charge in [0.15, 0.2) is 5.13 Å². The van der Waals surface area contributed by atoms with Crippen LogP contribution in [0.3, 0.4) is 0 Å². The summed E-state index contributed by atoms with van der Waals surface area (Å²) >= 11 is 1.62. The first-order chi connectivity index (χ1) is 12.8. The van der Waals surface area contributed by atoms with Gasteiger partial charge in [0.1, 0.15) is 10.3 Å². The van der Waals surface area contributed by atoms with Crippen molar-refractivity contribution in [1.82, 2.24) is 15.3 Å². The SMILES string of the molecule is O=C(NCCC1=CCCCC1)[C@@H]1CCCN(c2nc3cccnc3s2)C1. The van der Waals surface area contributed by atoms with Crippen molar-refractivity contribution in [3.05, 3.63) is 30.0 Å². The van der Waals surface area contributed by atoms with Gasteiger partial charge >= 0.3 is 0 Å². The zero-order valence-corrected chi connectivity index (χ0v) is 15.9. The molecule has 2 aromatic rings. The second-order valence-electron chi connectivity index (χ2n) is 7.26. The van der Waals surface area contributed by atoms with Crippen LogP contribution in [0.25, 0.3) is 10.3 Å². The Hall–Kier alpha value is -1.95. The highest BCUT2D eigenvalue weighted by Gasteiger charge is 2.27. The van der Waals surface area contributed by atoms with Gasteiger partial charge in [-0.3, -0.25) is 4.79 Å². The summed E-state index contributed by atoms with van der Waals surface area (Å²) in [6.07, 6.45) is 12.2. The van der Waals surface area contributed by atoms with Gasteiger partial charge in [-0.15, -0.1) is 0 Å². The third-order valence-electron chi connectivity index (χ3n) is 5.35. The minimum absolute atomic E-state index is 0.0593. The third kappa shape index (κ3) is 4.06. The highest BCUT2D eigenvalue weighted by Crippen LogP contribution is 2.30. The monoisotopic (exact) mass is 370 g/mol. The zero-order valence-electron chi connectivity index (χ0n) is 15.1. The number of allylic oxidation sites excluding steroid dienone is 1. The molecule has 6 heteroatoms. The average molecular weight is 371 g/mol. The standard InChI is InChI=1S/C20H26N4OS/c25-18(21-12-10-15-6-2-1-3-7-15)16-8-5-13-24(14-16)20-23-17-9-4-11-22-19(17)26-20/h4,6,9,11,16H,1-3,5,7-8,10,12-14H2,(H,21,25)/t16-/m1/s1. The minimum atomic E-state index is 0.0593. The molecule has 0 unspecified atom stereocenters. The van der Waals surface area contributed by atoms with Crippen molar-refractivity contribution in [3.63, 3.8) is 0 Å². The molecule has 138 valence electrons. The lowest BCUT2D eigenvalue weighted by atomic mass is 9.96. The van der Waals surface area contributed by atoms with E-state index in [1.807, 2.05) is 12.1 Å². The van der Waals surface area contributed by atoms with Crippen LogP contribution in [-0.4, -0.2) is 35.5 Å². The summed E-state index contributed by atoms with van der Waals surface area (Å²) in [5.41, 5.74) is 2.46. The number of pyridine rings is 1. The molecule has 2 aliphatic rings. The predicted molar refractivity (Wildman–Crippen MR) is 107 cm³/mol. The van der Waals surface area contributed by atoms with E-state index in [0.29, 0.717) is 0 Å². The molecule has 0 saturated carbocycles. The molecule has 1 saturated heterocycles. The molecule has 0 spiro atoms. The Bertz CT molecular complexity index is 767. The van der Waals surface area contributed by atoms with Gasteiger partial charge in [-0.2, -0.15) is 0 Å². The van der Waals surface area contributed by atoms with Gasteiger partial charge in [0, 0.05) is 25.8 Å². The maximum absolute atomic E-state index is 12.6. The summed E-state index contributed by atoms with van der Waals surface area (Å²) < 4.78 is 0. The van der Waals surface area contributed by atoms with Crippen LogP contribution in [0.2, 0.25) is 0 Å². The lowest BCUT2D eigenvalue weighted by Gasteiger charge is -2.31. The van der Waals surface area contributed by atoms with Crippen LogP contribution in [0.5, 0.6) is 0 Å². The van der Waals surface area contributed by atoms with Crippen LogP contribution in [-0.2, 0) is 4.79 Å². The Morgan fingerprint density at radius 2 is 2.31 bits per heavy atom. The summed E-state index contributed by atoms with van der Waals surface area (Å²) in [6, 6.07) is 3.91. The number of anilines is 1. The van der Waals surface area contributed by atoms with E-state index >= 15 is 0 Å². The van der Waals surface area contributed by atoms with Gasteiger partial charge in [-0.1, -0.05) is 23.0 Å². The fourth-order valence-electron chi connectivity index (χ4n) is 3.88. The van der Waals surface area contributed by atoms with E-state index < -0.39 is 0 Å². The average Bonchev–Trinajstić information content (AvgIpc) is 3.13. The molecule has 1 aliphatic carbocycles.